The maximum Gasteiger partial charge on any atom is 0.0945 e. The molecule has 1 heterocycles. The fourth-order valence-corrected chi connectivity index (χ4v) is 3.08. The zero-order valence-electron chi connectivity index (χ0n) is 11.1. The van der Waals surface area contributed by atoms with E-state index in [1.54, 1.807) is 0 Å². The summed E-state index contributed by atoms with van der Waals surface area (Å²) in [5.41, 5.74) is 0. The van der Waals surface area contributed by atoms with E-state index in [1.807, 2.05) is 18.7 Å². The van der Waals surface area contributed by atoms with Crippen LogP contribution >= 0.6 is 0 Å². The molecule has 2 rings (SSSR count). The molecule has 1 N–H and O–H groups in total. The molecule has 3 heteroatoms. The minimum Gasteiger partial charge on any atom is -0.337 e. The maximum absolute atomic E-state index is 4.05. The molecule has 1 aliphatic carbocycles. The fraction of sp³-hybridized carbons (Fsp3) is 0.786. The minimum atomic E-state index is 0.753. The second-order valence-electron chi connectivity index (χ2n) is 5.32. The third-order valence-corrected chi connectivity index (χ3v) is 4.31. The van der Waals surface area contributed by atoms with Gasteiger partial charge in [-0.3, -0.25) is 0 Å². The van der Waals surface area contributed by atoms with Crippen LogP contribution in [0.3, 0.4) is 0 Å². The van der Waals surface area contributed by atoms with Gasteiger partial charge in [-0.1, -0.05) is 20.3 Å². The Labute approximate surface area is 105 Å². The second-order valence-corrected chi connectivity index (χ2v) is 5.32. The lowest BCUT2D eigenvalue weighted by Gasteiger charge is -2.21. The van der Waals surface area contributed by atoms with Gasteiger partial charge in [-0.15, -0.1) is 0 Å². The quantitative estimate of drug-likeness (QED) is 0.768. The third-order valence-electron chi connectivity index (χ3n) is 4.31. The van der Waals surface area contributed by atoms with Gasteiger partial charge in [0.15, 0.2) is 0 Å². The summed E-state index contributed by atoms with van der Waals surface area (Å²) in [5.74, 6) is 1.80. The first-order chi connectivity index (χ1) is 8.31. The van der Waals surface area contributed by atoms with Gasteiger partial charge in [0.1, 0.15) is 0 Å². The summed E-state index contributed by atoms with van der Waals surface area (Å²) in [5, 5.41) is 3.72. The normalized spacial score (nSPS) is 28.7. The van der Waals surface area contributed by atoms with Crippen LogP contribution in [0.5, 0.6) is 0 Å². The van der Waals surface area contributed by atoms with Crippen molar-refractivity contribution >= 4 is 0 Å². The molecule has 0 aliphatic heterocycles. The molecular weight excluding hydrogens is 210 g/mol. The number of nitrogens with one attached hydrogen (secondary N) is 1. The maximum atomic E-state index is 4.05. The van der Waals surface area contributed by atoms with Gasteiger partial charge in [0, 0.05) is 25.0 Å². The summed E-state index contributed by atoms with van der Waals surface area (Å²) >= 11 is 0. The first kappa shape index (κ1) is 12.6. The Kier molecular flexibility index (Phi) is 4.60. The van der Waals surface area contributed by atoms with Crippen LogP contribution in [0.4, 0.5) is 0 Å². The first-order valence-corrected chi connectivity index (χ1v) is 7.00. The van der Waals surface area contributed by atoms with Crippen molar-refractivity contribution in [1.82, 2.24) is 14.9 Å². The Morgan fingerprint density at radius 3 is 2.94 bits per heavy atom. The van der Waals surface area contributed by atoms with Crippen molar-refractivity contribution in [2.45, 2.75) is 52.1 Å². The van der Waals surface area contributed by atoms with E-state index >= 15 is 0 Å². The summed E-state index contributed by atoms with van der Waals surface area (Å²) in [7, 11) is 0. The van der Waals surface area contributed by atoms with Crippen molar-refractivity contribution < 1.29 is 0 Å². The van der Waals surface area contributed by atoms with Crippen LogP contribution in [0.15, 0.2) is 18.7 Å². The number of nitrogens with zero attached hydrogens (tertiary/aromatic N) is 2. The van der Waals surface area contributed by atoms with Crippen LogP contribution in [-0.4, -0.2) is 22.1 Å². The van der Waals surface area contributed by atoms with Gasteiger partial charge in [0.2, 0.25) is 0 Å². The number of hydrogen-bond donors (Lipinski definition) is 1. The van der Waals surface area contributed by atoms with Crippen LogP contribution in [0.2, 0.25) is 0 Å². The lowest BCUT2D eigenvalue weighted by atomic mass is 9.93. The largest absolute Gasteiger partial charge is 0.337 e. The summed E-state index contributed by atoms with van der Waals surface area (Å²) in [6.07, 6.45) is 11.1. The van der Waals surface area contributed by atoms with Gasteiger partial charge < -0.3 is 9.88 Å². The van der Waals surface area contributed by atoms with E-state index in [-0.39, 0.29) is 0 Å². The summed E-state index contributed by atoms with van der Waals surface area (Å²) < 4.78 is 2.15. The van der Waals surface area contributed by atoms with Crippen molar-refractivity contribution in [1.29, 1.82) is 0 Å². The number of imidazole rings is 1. The van der Waals surface area contributed by atoms with Crippen LogP contribution in [0.1, 0.15) is 39.5 Å². The molecule has 1 aliphatic rings. The summed E-state index contributed by atoms with van der Waals surface area (Å²) in [4.78, 5) is 4.05. The molecule has 0 amide bonds. The number of aromatic nitrogens is 2. The molecule has 96 valence electrons. The topological polar surface area (TPSA) is 29.9 Å². The van der Waals surface area contributed by atoms with Crippen molar-refractivity contribution in [3.8, 4) is 0 Å². The first-order valence-electron chi connectivity index (χ1n) is 7.00. The molecule has 1 fully saturated rings. The highest BCUT2D eigenvalue weighted by Crippen LogP contribution is 2.33. The highest BCUT2D eigenvalue weighted by Gasteiger charge is 2.30. The van der Waals surface area contributed by atoms with Gasteiger partial charge in [-0.25, -0.2) is 4.98 Å². The van der Waals surface area contributed by atoms with Crippen LogP contribution < -0.4 is 5.32 Å². The molecule has 3 unspecified atom stereocenters. The number of aryl methyl sites for hydroxylation is 1. The van der Waals surface area contributed by atoms with Gasteiger partial charge in [0.25, 0.3) is 0 Å². The SMILES string of the molecule is CCC1CCC(NCCCn2ccnc2)C1C. The lowest BCUT2D eigenvalue weighted by molar-refractivity contribution is 0.343. The van der Waals surface area contributed by atoms with Gasteiger partial charge >= 0.3 is 0 Å². The molecule has 0 radical (unpaired) electrons. The monoisotopic (exact) mass is 235 g/mol. The fourth-order valence-electron chi connectivity index (χ4n) is 3.08. The number of rotatable bonds is 6. The van der Waals surface area contributed by atoms with Crippen LogP contribution in [0, 0.1) is 11.8 Å². The zero-order valence-corrected chi connectivity index (χ0v) is 11.1. The predicted molar refractivity (Wildman–Crippen MR) is 70.8 cm³/mol. The van der Waals surface area contributed by atoms with Crippen molar-refractivity contribution in [3.63, 3.8) is 0 Å². The second kappa shape index (κ2) is 6.20. The Morgan fingerprint density at radius 2 is 2.29 bits per heavy atom. The van der Waals surface area contributed by atoms with Gasteiger partial charge in [-0.05, 0) is 37.6 Å². The highest BCUT2D eigenvalue weighted by atomic mass is 15.0. The molecule has 17 heavy (non-hydrogen) atoms. The molecule has 0 saturated heterocycles. The molecule has 3 atom stereocenters. The van der Waals surface area contributed by atoms with E-state index in [0.29, 0.717) is 0 Å². The number of hydrogen-bond acceptors (Lipinski definition) is 2. The Hall–Kier alpha value is -0.830. The molecule has 1 aromatic rings. The Bertz CT molecular complexity index is 307. The molecule has 3 nitrogen and oxygen atoms in total. The molecule has 0 aromatic carbocycles. The van der Waals surface area contributed by atoms with Crippen molar-refractivity contribution in [3.05, 3.63) is 18.7 Å². The van der Waals surface area contributed by atoms with Crippen molar-refractivity contribution in [2.24, 2.45) is 11.8 Å². The Morgan fingerprint density at radius 1 is 1.41 bits per heavy atom. The van der Waals surface area contributed by atoms with E-state index in [4.69, 9.17) is 0 Å². The van der Waals surface area contributed by atoms with Crippen molar-refractivity contribution in [2.75, 3.05) is 6.54 Å². The standard InChI is InChI=1S/C14H25N3/c1-3-13-5-6-14(12(13)2)16-7-4-9-17-10-8-15-11-17/h8,10-14,16H,3-7,9H2,1-2H3. The molecule has 0 bridgehead atoms. The molecule has 1 aromatic heterocycles. The molecule has 1 saturated carbocycles. The lowest BCUT2D eigenvalue weighted by Crippen LogP contribution is -2.33. The minimum absolute atomic E-state index is 0.753. The summed E-state index contributed by atoms with van der Waals surface area (Å²) in [6.45, 7) is 6.94. The highest BCUT2D eigenvalue weighted by molar-refractivity contribution is 4.86. The smallest absolute Gasteiger partial charge is 0.0945 e. The van der Waals surface area contributed by atoms with E-state index in [9.17, 15) is 0 Å². The summed E-state index contributed by atoms with van der Waals surface area (Å²) in [6, 6.07) is 0.753. The predicted octanol–water partition coefficient (Wildman–Crippen LogP) is 2.69. The third kappa shape index (κ3) is 3.32. The molecular formula is C14H25N3. The van der Waals surface area contributed by atoms with E-state index in [2.05, 4.69) is 28.7 Å². The van der Waals surface area contributed by atoms with Crippen LogP contribution in [0.25, 0.3) is 0 Å². The molecule has 0 spiro atoms. The van der Waals surface area contributed by atoms with Crippen LogP contribution in [-0.2, 0) is 6.54 Å². The Balaban J connectivity index is 1.62. The van der Waals surface area contributed by atoms with E-state index in [0.717, 1.165) is 31.0 Å². The average molecular weight is 235 g/mol. The van der Waals surface area contributed by atoms with Gasteiger partial charge in [-0.2, -0.15) is 0 Å². The zero-order chi connectivity index (χ0) is 12.1. The van der Waals surface area contributed by atoms with E-state index in [1.165, 1.54) is 25.7 Å². The van der Waals surface area contributed by atoms with Gasteiger partial charge in [0.05, 0.1) is 6.33 Å². The average Bonchev–Trinajstić information content (AvgIpc) is 2.95. The van der Waals surface area contributed by atoms with E-state index < -0.39 is 0 Å².